The molecule has 6 rings (SSSR count). The Morgan fingerprint density at radius 1 is 1.00 bits per heavy atom. The molecule has 5 nitrogen and oxygen atoms in total. The lowest BCUT2D eigenvalue weighted by Crippen LogP contribution is -2.53. The van der Waals surface area contributed by atoms with E-state index in [1.165, 1.54) is 5.56 Å². The van der Waals surface area contributed by atoms with Crippen molar-refractivity contribution in [1.82, 2.24) is 4.90 Å². The van der Waals surface area contributed by atoms with E-state index in [-0.39, 0.29) is 17.6 Å². The van der Waals surface area contributed by atoms with Gasteiger partial charge in [0.1, 0.15) is 11.3 Å². The summed E-state index contributed by atoms with van der Waals surface area (Å²) in [5, 5.41) is 0. The molecule has 0 saturated carbocycles. The van der Waals surface area contributed by atoms with E-state index >= 15 is 0 Å². The van der Waals surface area contributed by atoms with E-state index in [2.05, 4.69) is 50.8 Å². The SMILES string of the molecule is Cc1ccc(C)c(CN2C(=O)C3(c4ccccc42)C(C(=O)c2ccc(C(C)C)cc2)C(c2ccco2)CN3C)c1. The fraction of sp³-hybridized carbons (Fsp3) is 0.314. The van der Waals surface area contributed by atoms with Crippen LogP contribution in [0.15, 0.2) is 89.5 Å². The fourth-order valence-corrected chi connectivity index (χ4v) is 6.84. The number of Topliss-reactive ketones (excluding diaryl/α,β-unsaturated/α-hetero) is 1. The van der Waals surface area contributed by atoms with Crippen LogP contribution < -0.4 is 4.90 Å². The first-order valence-electron chi connectivity index (χ1n) is 14.1. The van der Waals surface area contributed by atoms with Crippen LogP contribution in [0, 0.1) is 19.8 Å². The number of benzene rings is 3. The molecule has 2 aliphatic rings. The standard InChI is InChI=1S/C35H36N2O3/c1-22(2)25-14-16-26(17-15-25)33(38)32-28(31-11-8-18-40-31)21-36(5)35(32)29-9-6-7-10-30(29)37(34(35)39)20-27-19-23(3)12-13-24(27)4/h6-19,22,28,32H,20-21H2,1-5H3. The molecule has 1 spiro atoms. The van der Waals surface area contributed by atoms with Gasteiger partial charge in [0.2, 0.25) is 0 Å². The average molecular weight is 533 g/mol. The van der Waals surface area contributed by atoms with Crippen molar-refractivity contribution in [2.75, 3.05) is 18.5 Å². The molecule has 4 aromatic rings. The van der Waals surface area contributed by atoms with Gasteiger partial charge in [-0.3, -0.25) is 14.5 Å². The maximum absolute atomic E-state index is 14.9. The first kappa shape index (κ1) is 26.3. The van der Waals surface area contributed by atoms with E-state index in [0.29, 0.717) is 24.6 Å². The van der Waals surface area contributed by atoms with Crippen molar-refractivity contribution in [1.29, 1.82) is 0 Å². The minimum absolute atomic E-state index is 0.0298. The van der Waals surface area contributed by atoms with Gasteiger partial charge in [-0.05, 0) is 61.7 Å². The lowest BCUT2D eigenvalue weighted by atomic mass is 9.71. The van der Waals surface area contributed by atoms with Gasteiger partial charge < -0.3 is 9.32 Å². The van der Waals surface area contributed by atoms with Crippen LogP contribution >= 0.6 is 0 Å². The zero-order valence-electron chi connectivity index (χ0n) is 23.8. The van der Waals surface area contributed by atoms with Crippen molar-refractivity contribution in [3.8, 4) is 0 Å². The molecule has 3 atom stereocenters. The number of likely N-dealkylation sites (N-methyl/N-ethyl adjacent to an activating group) is 1. The first-order chi connectivity index (χ1) is 19.2. The van der Waals surface area contributed by atoms with Crippen molar-refractivity contribution < 1.29 is 14.0 Å². The molecular weight excluding hydrogens is 496 g/mol. The Morgan fingerprint density at radius 3 is 2.45 bits per heavy atom. The molecular formula is C35H36N2O3. The van der Waals surface area contributed by atoms with E-state index in [9.17, 15) is 9.59 Å². The van der Waals surface area contributed by atoms with Gasteiger partial charge in [0.15, 0.2) is 5.78 Å². The van der Waals surface area contributed by atoms with Crippen LogP contribution in [0.25, 0.3) is 0 Å². The summed E-state index contributed by atoms with van der Waals surface area (Å²) >= 11 is 0. The zero-order chi connectivity index (χ0) is 28.2. The molecule has 1 saturated heterocycles. The molecule has 1 aromatic heterocycles. The van der Waals surface area contributed by atoms with E-state index in [1.54, 1.807) is 6.26 Å². The van der Waals surface area contributed by atoms with Crippen LogP contribution in [-0.4, -0.2) is 30.2 Å². The number of likely N-dealkylation sites (tertiary alicyclic amines) is 1. The van der Waals surface area contributed by atoms with Crippen LogP contribution in [0.2, 0.25) is 0 Å². The molecule has 3 aromatic carbocycles. The van der Waals surface area contributed by atoms with Crippen LogP contribution in [0.3, 0.4) is 0 Å². The van der Waals surface area contributed by atoms with E-state index in [0.717, 1.165) is 33.7 Å². The topological polar surface area (TPSA) is 53.8 Å². The number of rotatable bonds is 6. The molecule has 40 heavy (non-hydrogen) atoms. The molecule has 1 amide bonds. The molecule has 2 aliphatic heterocycles. The summed E-state index contributed by atoms with van der Waals surface area (Å²) < 4.78 is 5.91. The van der Waals surface area contributed by atoms with Gasteiger partial charge in [-0.1, -0.05) is 80.1 Å². The molecule has 0 radical (unpaired) electrons. The number of furan rings is 1. The number of carbonyl (C=O) groups is 2. The van der Waals surface area contributed by atoms with Crippen LogP contribution in [0.1, 0.15) is 69.6 Å². The average Bonchev–Trinajstić information content (AvgIpc) is 3.65. The van der Waals surface area contributed by atoms with Gasteiger partial charge >= 0.3 is 0 Å². The highest BCUT2D eigenvalue weighted by Gasteiger charge is 2.66. The first-order valence-corrected chi connectivity index (χ1v) is 14.1. The highest BCUT2D eigenvalue weighted by Crippen LogP contribution is 2.57. The Bertz CT molecular complexity index is 1570. The number of carbonyl (C=O) groups excluding carboxylic acids is 2. The van der Waals surface area contributed by atoms with E-state index < -0.39 is 11.5 Å². The van der Waals surface area contributed by atoms with Gasteiger partial charge in [0.25, 0.3) is 5.91 Å². The number of amides is 1. The lowest BCUT2D eigenvalue weighted by molar-refractivity contribution is -0.129. The number of aryl methyl sites for hydroxylation is 2. The second kappa shape index (κ2) is 9.90. The van der Waals surface area contributed by atoms with Crippen LogP contribution in [-0.2, 0) is 16.9 Å². The highest BCUT2D eigenvalue weighted by atomic mass is 16.3. The summed E-state index contributed by atoms with van der Waals surface area (Å²) in [7, 11) is 1.97. The minimum atomic E-state index is -1.14. The van der Waals surface area contributed by atoms with Crippen molar-refractivity contribution >= 4 is 17.4 Å². The lowest BCUT2D eigenvalue weighted by Gasteiger charge is -2.36. The normalized spacial score (nSPS) is 22.4. The quantitative estimate of drug-likeness (QED) is 0.251. The van der Waals surface area contributed by atoms with Gasteiger partial charge in [-0.15, -0.1) is 0 Å². The number of nitrogens with zero attached hydrogens (tertiary/aromatic N) is 2. The largest absolute Gasteiger partial charge is 0.469 e. The number of hydrogen-bond donors (Lipinski definition) is 0. The predicted molar refractivity (Wildman–Crippen MR) is 158 cm³/mol. The fourth-order valence-electron chi connectivity index (χ4n) is 6.84. The Kier molecular flexibility index (Phi) is 6.50. The summed E-state index contributed by atoms with van der Waals surface area (Å²) in [6, 6.07) is 26.0. The summed E-state index contributed by atoms with van der Waals surface area (Å²) in [6.45, 7) is 9.42. The predicted octanol–water partition coefficient (Wildman–Crippen LogP) is 6.99. The molecule has 0 N–H and O–H groups in total. The molecule has 0 bridgehead atoms. The van der Waals surface area contributed by atoms with Crippen molar-refractivity contribution in [3.63, 3.8) is 0 Å². The Morgan fingerprint density at radius 2 is 1.75 bits per heavy atom. The second-order valence-corrected chi connectivity index (χ2v) is 11.7. The summed E-state index contributed by atoms with van der Waals surface area (Å²) in [6.07, 6.45) is 1.65. The molecule has 1 fully saturated rings. The molecule has 0 aliphatic carbocycles. The van der Waals surface area contributed by atoms with Gasteiger partial charge in [0, 0.05) is 29.3 Å². The van der Waals surface area contributed by atoms with Gasteiger partial charge in [-0.25, -0.2) is 0 Å². The third-order valence-corrected chi connectivity index (χ3v) is 8.99. The maximum Gasteiger partial charge on any atom is 0.253 e. The number of hydrogen-bond acceptors (Lipinski definition) is 4. The number of fused-ring (bicyclic) bond motifs is 2. The van der Waals surface area contributed by atoms with Crippen LogP contribution in [0.5, 0.6) is 0 Å². The summed E-state index contributed by atoms with van der Waals surface area (Å²) in [5.41, 5.74) is 5.83. The Labute approximate surface area is 236 Å². The third-order valence-electron chi connectivity index (χ3n) is 8.99. The second-order valence-electron chi connectivity index (χ2n) is 11.7. The van der Waals surface area contributed by atoms with Crippen molar-refractivity contribution in [3.05, 3.63) is 124 Å². The Balaban J connectivity index is 1.51. The number of para-hydroxylation sites is 1. The summed E-state index contributed by atoms with van der Waals surface area (Å²) in [4.78, 5) is 33.5. The molecule has 3 unspecified atom stereocenters. The number of anilines is 1. The number of ketones is 1. The van der Waals surface area contributed by atoms with Crippen LogP contribution in [0.4, 0.5) is 5.69 Å². The van der Waals surface area contributed by atoms with E-state index in [4.69, 9.17) is 4.42 Å². The minimum Gasteiger partial charge on any atom is -0.469 e. The molecule has 5 heteroatoms. The van der Waals surface area contributed by atoms with Crippen molar-refractivity contribution in [2.24, 2.45) is 5.92 Å². The molecule has 204 valence electrons. The third kappa shape index (κ3) is 3.95. The zero-order valence-corrected chi connectivity index (χ0v) is 23.8. The Hall–Kier alpha value is -3.96. The van der Waals surface area contributed by atoms with Gasteiger partial charge in [-0.2, -0.15) is 0 Å². The highest BCUT2D eigenvalue weighted by molar-refractivity contribution is 6.13. The molecule has 3 heterocycles. The maximum atomic E-state index is 14.9. The van der Waals surface area contributed by atoms with Gasteiger partial charge in [0.05, 0.1) is 18.7 Å². The summed E-state index contributed by atoms with van der Waals surface area (Å²) in [5.74, 6) is 0.104. The monoisotopic (exact) mass is 532 g/mol. The smallest absolute Gasteiger partial charge is 0.253 e. The van der Waals surface area contributed by atoms with E-state index in [1.807, 2.05) is 72.6 Å². The van der Waals surface area contributed by atoms with Crippen molar-refractivity contribution in [2.45, 2.75) is 51.6 Å².